The number of carbonyl (C=O) groups excluding carboxylic acids is 2. The van der Waals surface area contributed by atoms with E-state index in [-0.39, 0.29) is 24.5 Å². The molecule has 19 heavy (non-hydrogen) atoms. The van der Waals surface area contributed by atoms with Crippen LogP contribution in [0.15, 0.2) is 6.07 Å². The Bertz CT molecular complexity index is 486. The van der Waals surface area contributed by atoms with Gasteiger partial charge in [0.1, 0.15) is 0 Å². The number of aryl methyl sites for hydroxylation is 1. The number of ether oxygens (including phenoxy) is 2. The van der Waals surface area contributed by atoms with E-state index in [2.05, 4.69) is 10.3 Å². The van der Waals surface area contributed by atoms with E-state index in [9.17, 15) is 9.59 Å². The van der Waals surface area contributed by atoms with Gasteiger partial charge in [0.25, 0.3) is 0 Å². The lowest BCUT2D eigenvalue weighted by Gasteiger charge is -2.11. The summed E-state index contributed by atoms with van der Waals surface area (Å²) in [7, 11) is 1.71. The molecule has 0 aliphatic rings. The Balaban J connectivity index is 3.30. The van der Waals surface area contributed by atoms with Crippen LogP contribution >= 0.6 is 0 Å². The van der Waals surface area contributed by atoms with Gasteiger partial charge in [0.2, 0.25) is 0 Å². The van der Waals surface area contributed by atoms with E-state index in [1.54, 1.807) is 33.9 Å². The highest BCUT2D eigenvalue weighted by Crippen LogP contribution is 2.19. The van der Waals surface area contributed by atoms with Crippen LogP contribution in [0.3, 0.4) is 0 Å². The predicted octanol–water partition coefficient (Wildman–Crippen LogP) is 1.79. The molecule has 1 N–H and O–H groups in total. The standard InChI is InChI=1S/C13H18N2O4/c1-5-18-12(16)9-7-10(14-4)8(3)15-11(9)13(17)19-6-2/h7,14H,5-6H2,1-4H3. The van der Waals surface area contributed by atoms with E-state index in [1.165, 1.54) is 0 Å². The van der Waals surface area contributed by atoms with Crippen LogP contribution in [0.1, 0.15) is 40.4 Å². The van der Waals surface area contributed by atoms with Crippen molar-refractivity contribution in [1.82, 2.24) is 4.98 Å². The lowest BCUT2D eigenvalue weighted by atomic mass is 10.1. The second-order valence-corrected chi connectivity index (χ2v) is 3.71. The van der Waals surface area contributed by atoms with Crippen LogP contribution in [0, 0.1) is 6.92 Å². The van der Waals surface area contributed by atoms with Gasteiger partial charge in [0.05, 0.1) is 30.2 Å². The molecule has 0 saturated heterocycles. The molecule has 0 unspecified atom stereocenters. The normalized spacial score (nSPS) is 9.89. The van der Waals surface area contributed by atoms with Gasteiger partial charge in [-0.25, -0.2) is 14.6 Å². The fourth-order valence-corrected chi connectivity index (χ4v) is 1.58. The first-order valence-electron chi connectivity index (χ1n) is 6.08. The topological polar surface area (TPSA) is 77.5 Å². The molecule has 0 aromatic carbocycles. The maximum atomic E-state index is 11.9. The third kappa shape index (κ3) is 3.43. The summed E-state index contributed by atoms with van der Waals surface area (Å²) in [6.45, 7) is 5.57. The molecule has 0 fully saturated rings. The van der Waals surface area contributed by atoms with Crippen LogP contribution in [-0.4, -0.2) is 37.2 Å². The Morgan fingerprint density at radius 1 is 1.21 bits per heavy atom. The van der Waals surface area contributed by atoms with Gasteiger partial charge >= 0.3 is 11.9 Å². The minimum absolute atomic E-state index is 0.0169. The van der Waals surface area contributed by atoms with Crippen molar-refractivity contribution in [3.8, 4) is 0 Å². The van der Waals surface area contributed by atoms with Crippen LogP contribution in [0.25, 0.3) is 0 Å². The maximum Gasteiger partial charge on any atom is 0.357 e. The van der Waals surface area contributed by atoms with E-state index in [1.807, 2.05) is 0 Å². The van der Waals surface area contributed by atoms with Gasteiger partial charge in [-0.3, -0.25) is 0 Å². The van der Waals surface area contributed by atoms with Gasteiger partial charge < -0.3 is 14.8 Å². The van der Waals surface area contributed by atoms with Crippen molar-refractivity contribution in [2.45, 2.75) is 20.8 Å². The van der Waals surface area contributed by atoms with Crippen LogP contribution in [0.2, 0.25) is 0 Å². The largest absolute Gasteiger partial charge is 0.462 e. The van der Waals surface area contributed by atoms with Crippen molar-refractivity contribution in [1.29, 1.82) is 0 Å². The number of anilines is 1. The summed E-state index contributed by atoms with van der Waals surface area (Å²) in [5.41, 5.74) is 1.36. The van der Waals surface area contributed by atoms with Crippen molar-refractivity contribution in [2.75, 3.05) is 25.6 Å². The molecule has 6 heteroatoms. The SMILES string of the molecule is CCOC(=O)c1cc(NC)c(C)nc1C(=O)OCC. The number of esters is 2. The average molecular weight is 266 g/mol. The highest BCUT2D eigenvalue weighted by atomic mass is 16.5. The first-order chi connectivity index (χ1) is 9.04. The quantitative estimate of drug-likeness (QED) is 0.819. The lowest BCUT2D eigenvalue weighted by molar-refractivity contribution is 0.0473. The molecule has 1 heterocycles. The highest BCUT2D eigenvalue weighted by Gasteiger charge is 2.22. The van der Waals surface area contributed by atoms with Crippen molar-refractivity contribution in [3.63, 3.8) is 0 Å². The molecule has 1 aromatic rings. The molecule has 0 spiro atoms. The third-order valence-corrected chi connectivity index (χ3v) is 2.45. The third-order valence-electron chi connectivity index (χ3n) is 2.45. The number of hydrogen-bond donors (Lipinski definition) is 1. The van der Waals surface area contributed by atoms with Crippen LogP contribution < -0.4 is 5.32 Å². The number of carbonyl (C=O) groups is 2. The molecule has 0 bridgehead atoms. The van der Waals surface area contributed by atoms with Gasteiger partial charge in [-0.15, -0.1) is 0 Å². The highest BCUT2D eigenvalue weighted by molar-refractivity contribution is 6.02. The lowest BCUT2D eigenvalue weighted by Crippen LogP contribution is -2.17. The fourth-order valence-electron chi connectivity index (χ4n) is 1.58. The second-order valence-electron chi connectivity index (χ2n) is 3.71. The molecule has 0 saturated carbocycles. The monoisotopic (exact) mass is 266 g/mol. The van der Waals surface area contributed by atoms with Crippen LogP contribution in [0.5, 0.6) is 0 Å². The smallest absolute Gasteiger partial charge is 0.357 e. The van der Waals surface area contributed by atoms with E-state index >= 15 is 0 Å². The molecule has 0 atom stereocenters. The minimum Gasteiger partial charge on any atom is -0.462 e. The molecule has 104 valence electrons. The van der Waals surface area contributed by atoms with Crippen LogP contribution in [-0.2, 0) is 9.47 Å². The molecule has 0 aliphatic carbocycles. The zero-order valence-corrected chi connectivity index (χ0v) is 11.6. The number of rotatable bonds is 5. The molecule has 0 aliphatic heterocycles. The first-order valence-corrected chi connectivity index (χ1v) is 6.08. The number of aromatic nitrogens is 1. The van der Waals surface area contributed by atoms with Gasteiger partial charge in [0, 0.05) is 7.05 Å². The summed E-state index contributed by atoms with van der Waals surface area (Å²) in [4.78, 5) is 27.8. The number of nitrogens with zero attached hydrogens (tertiary/aromatic N) is 1. The maximum absolute atomic E-state index is 11.9. The fraction of sp³-hybridized carbons (Fsp3) is 0.462. The molecular formula is C13H18N2O4. The summed E-state index contributed by atoms with van der Waals surface area (Å²) >= 11 is 0. The van der Waals surface area contributed by atoms with Gasteiger partial charge in [-0.05, 0) is 26.8 Å². The summed E-state index contributed by atoms with van der Waals surface area (Å²) in [6, 6.07) is 1.55. The van der Waals surface area contributed by atoms with Crippen LogP contribution in [0.4, 0.5) is 5.69 Å². The molecule has 0 radical (unpaired) electrons. The summed E-state index contributed by atoms with van der Waals surface area (Å²) in [6.07, 6.45) is 0. The Labute approximate surface area is 112 Å². The average Bonchev–Trinajstić information content (AvgIpc) is 2.38. The number of nitrogens with one attached hydrogen (secondary N) is 1. The predicted molar refractivity (Wildman–Crippen MR) is 70.4 cm³/mol. The van der Waals surface area contributed by atoms with Gasteiger partial charge in [-0.2, -0.15) is 0 Å². The van der Waals surface area contributed by atoms with Gasteiger partial charge in [0.15, 0.2) is 5.69 Å². The van der Waals surface area contributed by atoms with E-state index in [4.69, 9.17) is 9.47 Å². The van der Waals surface area contributed by atoms with E-state index in [0.29, 0.717) is 11.4 Å². The Morgan fingerprint density at radius 2 is 1.79 bits per heavy atom. The molecular weight excluding hydrogens is 248 g/mol. The minimum atomic E-state index is -0.628. The Hall–Kier alpha value is -2.11. The van der Waals surface area contributed by atoms with Crippen molar-refractivity contribution >= 4 is 17.6 Å². The molecule has 0 amide bonds. The summed E-state index contributed by atoms with van der Waals surface area (Å²) < 4.78 is 9.82. The van der Waals surface area contributed by atoms with E-state index < -0.39 is 11.9 Å². The summed E-state index contributed by atoms with van der Waals surface area (Å²) in [5, 5.41) is 2.91. The Morgan fingerprint density at radius 3 is 2.32 bits per heavy atom. The van der Waals surface area contributed by atoms with Gasteiger partial charge in [-0.1, -0.05) is 0 Å². The molecule has 1 rings (SSSR count). The number of hydrogen-bond acceptors (Lipinski definition) is 6. The molecule has 6 nitrogen and oxygen atoms in total. The number of pyridine rings is 1. The Kier molecular flexibility index (Phi) is 5.29. The van der Waals surface area contributed by atoms with Crippen molar-refractivity contribution in [3.05, 3.63) is 23.0 Å². The van der Waals surface area contributed by atoms with Crippen molar-refractivity contribution in [2.24, 2.45) is 0 Å². The zero-order valence-electron chi connectivity index (χ0n) is 11.6. The second kappa shape index (κ2) is 6.72. The van der Waals surface area contributed by atoms with Crippen molar-refractivity contribution < 1.29 is 19.1 Å². The molecule has 1 aromatic heterocycles. The summed E-state index contributed by atoms with van der Waals surface area (Å²) in [5.74, 6) is -1.22. The van der Waals surface area contributed by atoms with E-state index in [0.717, 1.165) is 0 Å². The first kappa shape index (κ1) is 14.9. The zero-order chi connectivity index (χ0) is 14.4.